The summed E-state index contributed by atoms with van der Waals surface area (Å²) >= 11 is 3.31. The molecule has 0 heterocycles. The lowest BCUT2D eigenvalue weighted by Crippen LogP contribution is -2.29. The van der Waals surface area contributed by atoms with Crippen LogP contribution in [0.5, 0.6) is 0 Å². The van der Waals surface area contributed by atoms with E-state index in [9.17, 15) is 17.2 Å². The molecule has 1 aromatic carbocycles. The highest BCUT2D eigenvalue weighted by atomic mass is 79.9. The largest absolute Gasteiger partial charge is 0.313 e. The second kappa shape index (κ2) is 8.17. The monoisotopic (exact) mass is 384 g/mol. The van der Waals surface area contributed by atoms with Crippen LogP contribution in [0.2, 0.25) is 0 Å². The summed E-state index contributed by atoms with van der Waals surface area (Å²) in [5.74, 6) is 0. The lowest BCUT2D eigenvalue weighted by atomic mass is 10.1. The van der Waals surface area contributed by atoms with E-state index in [4.69, 9.17) is 0 Å². The van der Waals surface area contributed by atoms with Crippen LogP contribution < -0.4 is 10.0 Å². The summed E-state index contributed by atoms with van der Waals surface area (Å²) < 4.78 is 51.2. The number of sulfonamides is 1. The number of rotatable bonds is 8. The predicted octanol–water partition coefficient (Wildman–Crippen LogP) is 2.80. The van der Waals surface area contributed by atoms with Gasteiger partial charge in [-0.1, -0.05) is 22.9 Å². The molecule has 8 heteroatoms. The molecule has 0 amide bonds. The molecule has 0 aliphatic heterocycles. The minimum absolute atomic E-state index is 0.0193. The Morgan fingerprint density at radius 2 is 2.00 bits per heavy atom. The molecular formula is C13H19BrF2N2O2S. The van der Waals surface area contributed by atoms with Gasteiger partial charge in [-0.05, 0) is 43.1 Å². The van der Waals surface area contributed by atoms with E-state index in [0.717, 1.165) is 18.5 Å². The van der Waals surface area contributed by atoms with Crippen molar-refractivity contribution in [3.05, 3.63) is 27.7 Å². The number of nitrogens with one attached hydrogen (secondary N) is 2. The first kappa shape index (κ1) is 18.5. The van der Waals surface area contributed by atoms with Crippen LogP contribution >= 0.6 is 15.9 Å². The standard InChI is InChI=1S/C13H19BrF2N2O2S/c1-3-4-17-7-10-5-11(14)9(2)12(6-10)21(19,20)18-8-13(15)16/h5-6,13,17-18H,3-4,7-8H2,1-2H3. The minimum Gasteiger partial charge on any atom is -0.313 e. The second-order valence-electron chi connectivity index (χ2n) is 4.62. The molecule has 4 nitrogen and oxygen atoms in total. The Bertz CT molecular complexity index is 580. The van der Waals surface area contributed by atoms with E-state index >= 15 is 0 Å². The zero-order valence-electron chi connectivity index (χ0n) is 11.9. The Hall–Kier alpha value is -0.570. The van der Waals surface area contributed by atoms with Crippen LogP contribution in [0.15, 0.2) is 21.5 Å². The molecule has 0 radical (unpaired) electrons. The van der Waals surface area contributed by atoms with Crippen molar-refractivity contribution in [2.45, 2.75) is 38.1 Å². The first-order chi connectivity index (χ1) is 9.77. The molecular weight excluding hydrogens is 366 g/mol. The third-order valence-corrected chi connectivity index (χ3v) is 5.20. The molecule has 0 aliphatic carbocycles. The van der Waals surface area contributed by atoms with Gasteiger partial charge < -0.3 is 5.32 Å². The van der Waals surface area contributed by atoms with Crippen molar-refractivity contribution in [2.24, 2.45) is 0 Å². The summed E-state index contributed by atoms with van der Waals surface area (Å²) in [7, 11) is -3.95. The Kier molecular flexibility index (Phi) is 7.19. The molecule has 0 saturated carbocycles. The lowest BCUT2D eigenvalue weighted by Gasteiger charge is -2.13. The van der Waals surface area contributed by atoms with Gasteiger partial charge in [-0.25, -0.2) is 21.9 Å². The molecule has 2 N–H and O–H groups in total. The van der Waals surface area contributed by atoms with Crippen LogP contribution in [-0.4, -0.2) is 27.9 Å². The zero-order valence-corrected chi connectivity index (χ0v) is 14.3. The first-order valence-corrected chi connectivity index (χ1v) is 8.83. The predicted molar refractivity (Wildman–Crippen MR) is 82.1 cm³/mol. The fraction of sp³-hybridized carbons (Fsp3) is 0.538. The molecule has 0 aromatic heterocycles. The van der Waals surface area contributed by atoms with Gasteiger partial charge >= 0.3 is 0 Å². The topological polar surface area (TPSA) is 58.2 Å². The van der Waals surface area contributed by atoms with Gasteiger partial charge in [0.15, 0.2) is 0 Å². The highest BCUT2D eigenvalue weighted by Gasteiger charge is 2.20. The van der Waals surface area contributed by atoms with Gasteiger partial charge in [0.25, 0.3) is 6.43 Å². The van der Waals surface area contributed by atoms with Gasteiger partial charge in [-0.15, -0.1) is 0 Å². The normalized spacial score (nSPS) is 12.1. The molecule has 0 atom stereocenters. The summed E-state index contributed by atoms with van der Waals surface area (Å²) in [5, 5.41) is 3.17. The van der Waals surface area contributed by atoms with Crippen molar-refractivity contribution >= 4 is 26.0 Å². The van der Waals surface area contributed by atoms with Gasteiger partial charge in [-0.3, -0.25) is 0 Å². The maximum Gasteiger partial charge on any atom is 0.251 e. The van der Waals surface area contributed by atoms with Crippen LogP contribution in [0.25, 0.3) is 0 Å². The zero-order chi connectivity index (χ0) is 16.0. The van der Waals surface area contributed by atoms with E-state index < -0.39 is 23.0 Å². The van der Waals surface area contributed by atoms with Crippen LogP contribution in [-0.2, 0) is 16.6 Å². The first-order valence-electron chi connectivity index (χ1n) is 6.55. The molecule has 0 spiro atoms. The van der Waals surface area contributed by atoms with Crippen molar-refractivity contribution < 1.29 is 17.2 Å². The third kappa shape index (κ3) is 5.61. The average molecular weight is 385 g/mol. The van der Waals surface area contributed by atoms with E-state index in [1.54, 1.807) is 6.92 Å². The van der Waals surface area contributed by atoms with Gasteiger partial charge in [0, 0.05) is 11.0 Å². The van der Waals surface area contributed by atoms with Gasteiger partial charge in [-0.2, -0.15) is 0 Å². The maximum absolute atomic E-state index is 12.2. The molecule has 21 heavy (non-hydrogen) atoms. The van der Waals surface area contributed by atoms with Crippen LogP contribution in [0.4, 0.5) is 8.78 Å². The smallest absolute Gasteiger partial charge is 0.251 e. The number of hydrogen-bond donors (Lipinski definition) is 2. The quantitative estimate of drug-likeness (QED) is 0.677. The number of benzene rings is 1. The fourth-order valence-corrected chi connectivity index (χ4v) is 3.71. The van der Waals surface area contributed by atoms with E-state index in [0.29, 0.717) is 16.6 Å². The highest BCUT2D eigenvalue weighted by molar-refractivity contribution is 9.10. The van der Waals surface area contributed by atoms with Crippen LogP contribution in [0, 0.1) is 6.92 Å². The fourth-order valence-electron chi connectivity index (χ4n) is 1.75. The second-order valence-corrected chi connectivity index (χ2v) is 7.21. The van der Waals surface area contributed by atoms with Crippen molar-refractivity contribution in [3.63, 3.8) is 0 Å². The van der Waals surface area contributed by atoms with E-state index in [1.807, 2.05) is 17.7 Å². The van der Waals surface area contributed by atoms with E-state index in [1.165, 1.54) is 6.07 Å². The summed E-state index contributed by atoms with van der Waals surface area (Å²) in [6.45, 7) is 4.10. The summed E-state index contributed by atoms with van der Waals surface area (Å²) in [6, 6.07) is 3.33. The van der Waals surface area contributed by atoms with E-state index in [-0.39, 0.29) is 4.90 Å². The van der Waals surface area contributed by atoms with Crippen molar-refractivity contribution in [1.82, 2.24) is 10.0 Å². The summed E-state index contributed by atoms with van der Waals surface area (Å²) in [6.07, 6.45) is -1.76. The van der Waals surface area contributed by atoms with Crippen LogP contribution in [0.3, 0.4) is 0 Å². The van der Waals surface area contributed by atoms with Gasteiger partial charge in [0.1, 0.15) is 0 Å². The molecule has 0 unspecified atom stereocenters. The van der Waals surface area contributed by atoms with Crippen molar-refractivity contribution in [1.29, 1.82) is 0 Å². The molecule has 0 saturated heterocycles. The van der Waals surface area contributed by atoms with Gasteiger partial charge in [0.05, 0.1) is 11.4 Å². The van der Waals surface area contributed by atoms with Crippen LogP contribution in [0.1, 0.15) is 24.5 Å². The summed E-state index contributed by atoms with van der Waals surface area (Å²) in [5.41, 5.74) is 1.27. The number of halogens is 3. The molecule has 1 aromatic rings. The average Bonchev–Trinajstić information content (AvgIpc) is 2.40. The van der Waals surface area contributed by atoms with Crippen molar-refractivity contribution in [2.75, 3.05) is 13.1 Å². The van der Waals surface area contributed by atoms with Gasteiger partial charge in [0.2, 0.25) is 10.0 Å². The van der Waals surface area contributed by atoms with Crippen molar-refractivity contribution in [3.8, 4) is 0 Å². The summed E-state index contributed by atoms with van der Waals surface area (Å²) in [4.78, 5) is 0.0193. The van der Waals surface area contributed by atoms with E-state index in [2.05, 4.69) is 21.2 Å². The lowest BCUT2D eigenvalue weighted by molar-refractivity contribution is 0.153. The SMILES string of the molecule is CCCNCc1cc(Br)c(C)c(S(=O)(=O)NCC(F)F)c1. The molecule has 0 fully saturated rings. The minimum atomic E-state index is -3.95. The molecule has 120 valence electrons. The molecule has 1 rings (SSSR count). The molecule has 0 aliphatic rings. The molecule has 0 bridgehead atoms. The Balaban J connectivity index is 3.04. The Labute approximate surface area is 132 Å². The Morgan fingerprint density at radius 3 is 2.57 bits per heavy atom. The number of hydrogen-bond acceptors (Lipinski definition) is 3. The third-order valence-electron chi connectivity index (χ3n) is 2.83. The Morgan fingerprint density at radius 1 is 1.33 bits per heavy atom. The highest BCUT2D eigenvalue weighted by Crippen LogP contribution is 2.25. The maximum atomic E-state index is 12.2. The number of alkyl halides is 2.